The van der Waals surface area contributed by atoms with Crippen LogP contribution in [-0.2, 0) is 10.0 Å². The standard InChI is InChI=1S/C21H20N2O2S.ClH/c22-21-14-20(21)16-11-9-15(10-12-16)17-5-4-6-18(13-17)23-26(24,25)19-7-2-1-3-8-19;/h1-13,20-21,23H,14,22H2;1H. The van der Waals surface area contributed by atoms with Gasteiger partial charge in [-0.25, -0.2) is 8.42 Å². The molecule has 1 aliphatic carbocycles. The van der Waals surface area contributed by atoms with Crippen molar-refractivity contribution in [1.29, 1.82) is 0 Å². The maximum absolute atomic E-state index is 12.5. The van der Waals surface area contributed by atoms with Gasteiger partial charge in [0.25, 0.3) is 10.0 Å². The maximum Gasteiger partial charge on any atom is 0.261 e. The number of hydrogen-bond acceptors (Lipinski definition) is 3. The van der Waals surface area contributed by atoms with Gasteiger partial charge in [0.1, 0.15) is 0 Å². The van der Waals surface area contributed by atoms with Gasteiger partial charge in [-0.2, -0.15) is 0 Å². The normalized spacial score (nSPS) is 18.4. The fraction of sp³-hybridized carbons (Fsp3) is 0.143. The Bertz CT molecular complexity index is 1020. The topological polar surface area (TPSA) is 72.2 Å². The average molecular weight is 401 g/mol. The molecule has 6 heteroatoms. The largest absolute Gasteiger partial charge is 0.327 e. The molecule has 0 spiro atoms. The summed E-state index contributed by atoms with van der Waals surface area (Å²) in [5.74, 6) is 0.480. The minimum atomic E-state index is -3.59. The molecule has 1 aliphatic rings. The van der Waals surface area contributed by atoms with E-state index in [9.17, 15) is 8.42 Å². The summed E-state index contributed by atoms with van der Waals surface area (Å²) < 4.78 is 27.6. The van der Waals surface area contributed by atoms with E-state index >= 15 is 0 Å². The van der Waals surface area contributed by atoms with Gasteiger partial charge in [0, 0.05) is 17.6 Å². The summed E-state index contributed by atoms with van der Waals surface area (Å²) in [6.45, 7) is 0. The summed E-state index contributed by atoms with van der Waals surface area (Å²) in [4.78, 5) is 0.246. The molecule has 3 aromatic rings. The molecule has 0 bridgehead atoms. The van der Waals surface area contributed by atoms with Crippen molar-refractivity contribution < 1.29 is 8.42 Å². The van der Waals surface area contributed by atoms with Gasteiger partial charge >= 0.3 is 0 Å². The highest BCUT2D eigenvalue weighted by molar-refractivity contribution is 7.92. The highest BCUT2D eigenvalue weighted by atomic mass is 35.5. The van der Waals surface area contributed by atoms with Gasteiger partial charge in [-0.3, -0.25) is 4.72 Å². The molecule has 2 unspecified atom stereocenters. The molecule has 27 heavy (non-hydrogen) atoms. The first-order valence-electron chi connectivity index (χ1n) is 8.57. The zero-order valence-electron chi connectivity index (χ0n) is 14.6. The number of nitrogens with two attached hydrogens (primary N) is 1. The lowest BCUT2D eigenvalue weighted by Crippen LogP contribution is -2.12. The number of halogens is 1. The fourth-order valence-electron chi connectivity index (χ4n) is 3.10. The Morgan fingerprint density at radius 1 is 0.852 bits per heavy atom. The van der Waals surface area contributed by atoms with Crippen molar-refractivity contribution in [3.8, 4) is 11.1 Å². The van der Waals surface area contributed by atoms with Crippen molar-refractivity contribution in [2.75, 3.05) is 4.72 Å². The number of rotatable bonds is 5. The van der Waals surface area contributed by atoms with Crippen molar-refractivity contribution in [1.82, 2.24) is 0 Å². The highest BCUT2D eigenvalue weighted by Gasteiger charge is 2.34. The number of benzene rings is 3. The van der Waals surface area contributed by atoms with Gasteiger partial charge in [0.05, 0.1) is 4.90 Å². The Balaban J connectivity index is 0.00000210. The molecule has 3 N–H and O–H groups in total. The lowest BCUT2D eigenvalue weighted by molar-refractivity contribution is 0.601. The summed E-state index contributed by atoms with van der Waals surface area (Å²) >= 11 is 0. The van der Waals surface area contributed by atoms with Crippen LogP contribution in [0.15, 0.2) is 83.8 Å². The fourth-order valence-corrected chi connectivity index (χ4v) is 4.17. The van der Waals surface area contributed by atoms with E-state index in [1.807, 2.05) is 18.2 Å². The summed E-state index contributed by atoms with van der Waals surface area (Å²) in [6.07, 6.45) is 1.05. The van der Waals surface area contributed by atoms with Crippen LogP contribution in [-0.4, -0.2) is 14.5 Å². The summed E-state index contributed by atoms with van der Waals surface area (Å²) in [6, 6.07) is 24.4. The van der Waals surface area contributed by atoms with Gasteiger partial charge in [-0.1, -0.05) is 54.6 Å². The number of nitrogens with one attached hydrogen (secondary N) is 1. The quantitative estimate of drug-likeness (QED) is 0.667. The molecule has 1 saturated carbocycles. The third-order valence-electron chi connectivity index (χ3n) is 4.68. The zero-order valence-corrected chi connectivity index (χ0v) is 16.2. The highest BCUT2D eigenvalue weighted by Crippen LogP contribution is 2.39. The second kappa shape index (κ2) is 7.72. The third-order valence-corrected chi connectivity index (χ3v) is 6.08. The Hall–Kier alpha value is -2.34. The molecule has 0 amide bonds. The van der Waals surface area contributed by atoms with Crippen molar-refractivity contribution in [2.45, 2.75) is 23.3 Å². The van der Waals surface area contributed by atoms with Crippen LogP contribution >= 0.6 is 12.4 Å². The van der Waals surface area contributed by atoms with E-state index in [2.05, 4.69) is 29.0 Å². The zero-order chi connectivity index (χ0) is 18.1. The first-order chi connectivity index (χ1) is 12.5. The van der Waals surface area contributed by atoms with Gasteiger partial charge in [-0.05, 0) is 47.4 Å². The Morgan fingerprint density at radius 3 is 2.15 bits per heavy atom. The second-order valence-corrected chi connectivity index (χ2v) is 8.31. The smallest absolute Gasteiger partial charge is 0.261 e. The van der Waals surface area contributed by atoms with Crippen LogP contribution in [0.25, 0.3) is 11.1 Å². The number of hydrogen-bond donors (Lipinski definition) is 2. The molecule has 2 atom stereocenters. The Kier molecular flexibility index (Phi) is 5.56. The Morgan fingerprint density at radius 2 is 1.52 bits per heavy atom. The van der Waals surface area contributed by atoms with Crippen LogP contribution < -0.4 is 10.5 Å². The number of anilines is 1. The van der Waals surface area contributed by atoms with E-state index in [0.29, 0.717) is 11.6 Å². The van der Waals surface area contributed by atoms with Gasteiger partial charge < -0.3 is 5.73 Å². The molecule has 0 heterocycles. The van der Waals surface area contributed by atoms with Crippen molar-refractivity contribution >= 4 is 28.1 Å². The van der Waals surface area contributed by atoms with Crippen LogP contribution in [0.3, 0.4) is 0 Å². The van der Waals surface area contributed by atoms with Crippen molar-refractivity contribution in [2.24, 2.45) is 5.73 Å². The monoisotopic (exact) mass is 400 g/mol. The first kappa shape index (κ1) is 19.4. The molecule has 0 aliphatic heterocycles. The lowest BCUT2D eigenvalue weighted by Gasteiger charge is -2.10. The van der Waals surface area contributed by atoms with Crippen molar-refractivity contribution in [3.63, 3.8) is 0 Å². The molecule has 1 fully saturated rings. The summed E-state index contributed by atoms with van der Waals surface area (Å²) in [5.41, 5.74) is 9.72. The summed E-state index contributed by atoms with van der Waals surface area (Å²) in [5, 5.41) is 0. The summed E-state index contributed by atoms with van der Waals surface area (Å²) in [7, 11) is -3.59. The molecule has 0 radical (unpaired) electrons. The first-order valence-corrected chi connectivity index (χ1v) is 10.1. The Labute approximate surface area is 165 Å². The average Bonchev–Trinajstić information content (AvgIpc) is 3.39. The van der Waals surface area contributed by atoms with E-state index in [-0.39, 0.29) is 23.3 Å². The molecular formula is C21H21ClN2O2S. The van der Waals surface area contributed by atoms with Gasteiger partial charge in [0.2, 0.25) is 0 Å². The van der Waals surface area contributed by atoms with E-state index in [0.717, 1.165) is 17.5 Å². The number of sulfonamides is 1. The predicted octanol–water partition coefficient (Wildman–Crippen LogP) is 4.39. The molecule has 140 valence electrons. The minimum Gasteiger partial charge on any atom is -0.327 e. The lowest BCUT2D eigenvalue weighted by atomic mass is 10.0. The van der Waals surface area contributed by atoms with Gasteiger partial charge in [0.15, 0.2) is 0 Å². The molecule has 4 nitrogen and oxygen atoms in total. The van der Waals surface area contributed by atoms with Crippen LogP contribution in [0.5, 0.6) is 0 Å². The van der Waals surface area contributed by atoms with Crippen LogP contribution in [0.1, 0.15) is 17.9 Å². The molecule has 0 aromatic heterocycles. The van der Waals surface area contributed by atoms with Crippen molar-refractivity contribution in [3.05, 3.63) is 84.4 Å². The van der Waals surface area contributed by atoms with E-state index < -0.39 is 10.0 Å². The third kappa shape index (κ3) is 4.33. The minimum absolute atomic E-state index is 0. The molecule has 3 aromatic carbocycles. The van der Waals surface area contributed by atoms with Gasteiger partial charge in [-0.15, -0.1) is 12.4 Å². The van der Waals surface area contributed by atoms with Crippen LogP contribution in [0.2, 0.25) is 0 Å². The molecule has 4 rings (SSSR count). The van der Waals surface area contributed by atoms with E-state index in [4.69, 9.17) is 5.73 Å². The van der Waals surface area contributed by atoms with E-state index in [1.54, 1.807) is 36.4 Å². The SMILES string of the molecule is Cl.NC1CC1c1ccc(-c2cccc(NS(=O)(=O)c3ccccc3)c2)cc1. The molecular weight excluding hydrogens is 380 g/mol. The maximum atomic E-state index is 12.5. The van der Waals surface area contributed by atoms with Crippen LogP contribution in [0, 0.1) is 0 Å². The predicted molar refractivity (Wildman–Crippen MR) is 112 cm³/mol. The van der Waals surface area contributed by atoms with Crippen LogP contribution in [0.4, 0.5) is 5.69 Å². The van der Waals surface area contributed by atoms with E-state index in [1.165, 1.54) is 5.56 Å². The second-order valence-electron chi connectivity index (χ2n) is 6.63. The molecule has 0 saturated heterocycles.